The topological polar surface area (TPSA) is 109 Å². The molecule has 3 N–H and O–H groups in total. The van der Waals surface area contributed by atoms with E-state index < -0.39 is 30.0 Å². The van der Waals surface area contributed by atoms with E-state index in [0.29, 0.717) is 12.3 Å². The van der Waals surface area contributed by atoms with E-state index in [4.69, 9.17) is 14.9 Å². The van der Waals surface area contributed by atoms with Crippen molar-refractivity contribution in [3.05, 3.63) is 24.5 Å². The smallest absolute Gasteiger partial charge is 0.321 e. The molecule has 1 aromatic rings. The van der Waals surface area contributed by atoms with Gasteiger partial charge in [0.05, 0.1) is 6.42 Å². The Hall–Kier alpha value is -2.15. The molecule has 0 unspecified atom stereocenters. The molecule has 1 fully saturated rings. The number of ether oxygens (including phenoxy) is 1. The lowest BCUT2D eigenvalue weighted by atomic mass is 9.94. The van der Waals surface area contributed by atoms with Gasteiger partial charge in [-0.1, -0.05) is 0 Å². The number of pyridine rings is 1. The first-order chi connectivity index (χ1) is 9.08. The zero-order chi connectivity index (χ0) is 13.8. The van der Waals surface area contributed by atoms with Crippen LogP contribution in [-0.4, -0.2) is 45.8 Å². The van der Waals surface area contributed by atoms with Crippen molar-refractivity contribution in [2.45, 2.75) is 18.6 Å². The summed E-state index contributed by atoms with van der Waals surface area (Å²) in [6.07, 6.45) is 2.37. The van der Waals surface area contributed by atoms with Crippen LogP contribution in [0.3, 0.4) is 0 Å². The maximum absolute atomic E-state index is 11.1. The van der Waals surface area contributed by atoms with Gasteiger partial charge in [0.1, 0.15) is 17.9 Å². The van der Waals surface area contributed by atoms with Crippen molar-refractivity contribution < 1.29 is 24.5 Å². The minimum absolute atomic E-state index is 0.250. The van der Waals surface area contributed by atoms with Gasteiger partial charge in [-0.25, -0.2) is 0 Å². The van der Waals surface area contributed by atoms with E-state index in [0.717, 1.165) is 0 Å². The summed E-state index contributed by atoms with van der Waals surface area (Å²) in [6, 6.07) is 2.39. The third kappa shape index (κ3) is 3.19. The SMILES string of the molecule is O=C(O)C[C@H]1[C@@H](Oc2ccncc2)CN[C@@H]1C(=O)O. The number of aromatic nitrogens is 1. The highest BCUT2D eigenvalue weighted by molar-refractivity contribution is 5.76. The fourth-order valence-corrected chi connectivity index (χ4v) is 2.20. The third-order valence-electron chi connectivity index (χ3n) is 3.06. The molecule has 1 aliphatic heterocycles. The van der Waals surface area contributed by atoms with Gasteiger partial charge in [0.25, 0.3) is 0 Å². The maximum atomic E-state index is 11.1. The van der Waals surface area contributed by atoms with Crippen LogP contribution in [0.15, 0.2) is 24.5 Å². The molecule has 0 amide bonds. The van der Waals surface area contributed by atoms with Crippen LogP contribution < -0.4 is 10.1 Å². The molecule has 0 aromatic carbocycles. The van der Waals surface area contributed by atoms with Crippen LogP contribution in [0.5, 0.6) is 5.75 Å². The maximum Gasteiger partial charge on any atom is 0.321 e. The van der Waals surface area contributed by atoms with E-state index in [1.165, 1.54) is 0 Å². The summed E-state index contributed by atoms with van der Waals surface area (Å²) >= 11 is 0. The van der Waals surface area contributed by atoms with E-state index in [9.17, 15) is 9.59 Å². The summed E-state index contributed by atoms with van der Waals surface area (Å²) in [5.74, 6) is -2.17. The lowest BCUT2D eigenvalue weighted by Gasteiger charge is -2.21. The van der Waals surface area contributed by atoms with Crippen molar-refractivity contribution >= 4 is 11.9 Å². The van der Waals surface area contributed by atoms with Gasteiger partial charge >= 0.3 is 11.9 Å². The van der Waals surface area contributed by atoms with Crippen molar-refractivity contribution in [1.82, 2.24) is 10.3 Å². The highest BCUT2D eigenvalue weighted by Crippen LogP contribution is 2.25. The van der Waals surface area contributed by atoms with Gasteiger partial charge in [-0.3, -0.25) is 14.6 Å². The standard InChI is InChI=1S/C12H14N2O5/c15-10(16)5-8-9(6-14-11(8)12(17)18)19-7-1-3-13-4-2-7/h1-4,8-9,11,14H,5-6H2,(H,15,16)(H,17,18)/t8-,9-,11-/m0/s1. The zero-order valence-electron chi connectivity index (χ0n) is 10.0. The second-order valence-electron chi connectivity index (χ2n) is 4.33. The number of hydrogen-bond donors (Lipinski definition) is 3. The molecule has 1 aromatic heterocycles. The summed E-state index contributed by atoms with van der Waals surface area (Å²) in [5, 5.41) is 20.7. The molecule has 2 rings (SSSR count). The Morgan fingerprint density at radius 3 is 2.63 bits per heavy atom. The average molecular weight is 266 g/mol. The van der Waals surface area contributed by atoms with Crippen LogP contribution in [0.25, 0.3) is 0 Å². The van der Waals surface area contributed by atoms with Crippen LogP contribution in [0.4, 0.5) is 0 Å². The molecule has 102 valence electrons. The second kappa shape index (κ2) is 5.66. The molecule has 1 aliphatic rings. The molecule has 7 nitrogen and oxygen atoms in total. The van der Waals surface area contributed by atoms with Crippen molar-refractivity contribution in [2.24, 2.45) is 5.92 Å². The summed E-state index contributed by atoms with van der Waals surface area (Å²) in [4.78, 5) is 25.8. The minimum atomic E-state index is -1.06. The van der Waals surface area contributed by atoms with E-state index in [2.05, 4.69) is 10.3 Å². The Morgan fingerprint density at radius 1 is 1.37 bits per heavy atom. The number of carbonyl (C=O) groups is 2. The molecule has 1 saturated heterocycles. The van der Waals surface area contributed by atoms with Crippen LogP contribution in [0.1, 0.15) is 6.42 Å². The molecule has 7 heteroatoms. The molecule has 0 spiro atoms. The van der Waals surface area contributed by atoms with Gasteiger partial charge in [-0.15, -0.1) is 0 Å². The van der Waals surface area contributed by atoms with Crippen molar-refractivity contribution in [1.29, 1.82) is 0 Å². The highest BCUT2D eigenvalue weighted by Gasteiger charge is 2.42. The van der Waals surface area contributed by atoms with Crippen LogP contribution in [-0.2, 0) is 9.59 Å². The first kappa shape index (κ1) is 13.3. The third-order valence-corrected chi connectivity index (χ3v) is 3.06. The van der Waals surface area contributed by atoms with Gasteiger partial charge in [-0.2, -0.15) is 0 Å². The molecule has 19 heavy (non-hydrogen) atoms. The number of hydrogen-bond acceptors (Lipinski definition) is 5. The van der Waals surface area contributed by atoms with Gasteiger partial charge in [0.15, 0.2) is 0 Å². The molecular formula is C12H14N2O5. The minimum Gasteiger partial charge on any atom is -0.489 e. The first-order valence-corrected chi connectivity index (χ1v) is 5.82. The van der Waals surface area contributed by atoms with Gasteiger partial charge in [0.2, 0.25) is 0 Å². The Balaban J connectivity index is 2.10. The van der Waals surface area contributed by atoms with E-state index in [1.54, 1.807) is 24.5 Å². The number of nitrogens with one attached hydrogen (secondary N) is 1. The molecule has 3 atom stereocenters. The van der Waals surface area contributed by atoms with Crippen molar-refractivity contribution in [2.75, 3.05) is 6.54 Å². The Kier molecular flexibility index (Phi) is 3.96. The molecule has 0 saturated carbocycles. The number of nitrogens with zero attached hydrogens (tertiary/aromatic N) is 1. The Labute approximate surface area is 109 Å². The average Bonchev–Trinajstić information content (AvgIpc) is 2.73. The normalized spacial score (nSPS) is 26.0. The Morgan fingerprint density at radius 2 is 2.05 bits per heavy atom. The van der Waals surface area contributed by atoms with Crippen LogP contribution in [0.2, 0.25) is 0 Å². The molecule has 2 heterocycles. The summed E-state index contributed by atoms with van der Waals surface area (Å²) < 4.78 is 5.64. The predicted molar refractivity (Wildman–Crippen MR) is 63.8 cm³/mol. The number of carboxylic acids is 2. The summed E-state index contributed by atoms with van der Waals surface area (Å²) in [5.41, 5.74) is 0. The van der Waals surface area contributed by atoms with Gasteiger partial charge in [-0.05, 0) is 12.1 Å². The monoisotopic (exact) mass is 266 g/mol. The molecule has 0 radical (unpaired) electrons. The summed E-state index contributed by atoms with van der Waals surface area (Å²) in [6.45, 7) is 0.303. The fourth-order valence-electron chi connectivity index (χ4n) is 2.20. The fraction of sp³-hybridized carbons (Fsp3) is 0.417. The molecule has 0 bridgehead atoms. The molecule has 0 aliphatic carbocycles. The van der Waals surface area contributed by atoms with E-state index in [-0.39, 0.29) is 6.42 Å². The predicted octanol–water partition coefficient (Wildman–Crippen LogP) is -0.0237. The summed E-state index contributed by atoms with van der Waals surface area (Å²) in [7, 11) is 0. The quantitative estimate of drug-likeness (QED) is 0.687. The molecular weight excluding hydrogens is 252 g/mol. The number of carboxylic acid groups (broad SMARTS) is 2. The van der Waals surface area contributed by atoms with Crippen molar-refractivity contribution in [3.63, 3.8) is 0 Å². The van der Waals surface area contributed by atoms with Crippen LogP contribution in [0, 0.1) is 5.92 Å². The largest absolute Gasteiger partial charge is 0.489 e. The lowest BCUT2D eigenvalue weighted by Crippen LogP contribution is -2.38. The first-order valence-electron chi connectivity index (χ1n) is 5.82. The number of aliphatic carboxylic acids is 2. The van der Waals surface area contributed by atoms with Gasteiger partial charge in [0, 0.05) is 24.9 Å². The zero-order valence-corrected chi connectivity index (χ0v) is 10.0. The van der Waals surface area contributed by atoms with E-state index in [1.807, 2.05) is 0 Å². The second-order valence-corrected chi connectivity index (χ2v) is 4.33. The van der Waals surface area contributed by atoms with E-state index >= 15 is 0 Å². The van der Waals surface area contributed by atoms with Crippen LogP contribution >= 0.6 is 0 Å². The number of rotatable bonds is 5. The lowest BCUT2D eigenvalue weighted by molar-refractivity contribution is -0.142. The van der Waals surface area contributed by atoms with Crippen molar-refractivity contribution in [3.8, 4) is 5.75 Å². The highest BCUT2D eigenvalue weighted by atomic mass is 16.5. The van der Waals surface area contributed by atoms with Gasteiger partial charge < -0.3 is 20.3 Å². The Bertz CT molecular complexity index is 464.